The minimum atomic E-state index is -0.325. The number of rotatable bonds is 3. The zero-order chi connectivity index (χ0) is 19.3. The van der Waals surface area contributed by atoms with Crippen LogP contribution in [0.5, 0.6) is 0 Å². The molecule has 1 aromatic carbocycles. The molecule has 2 aliphatic rings. The highest BCUT2D eigenvalue weighted by atomic mass is 19.1. The highest BCUT2D eigenvalue weighted by Crippen LogP contribution is 2.26. The lowest BCUT2D eigenvalue weighted by molar-refractivity contribution is 0.630. The number of aromatic nitrogens is 6. The van der Waals surface area contributed by atoms with E-state index >= 15 is 0 Å². The average molecular weight is 372 g/mol. The Labute approximate surface area is 160 Å². The van der Waals surface area contributed by atoms with E-state index in [1.807, 2.05) is 53.5 Å². The van der Waals surface area contributed by atoms with Crippen LogP contribution in [0.1, 0.15) is 17.1 Å². The van der Waals surface area contributed by atoms with E-state index in [0.29, 0.717) is 23.7 Å². The fourth-order valence-corrected chi connectivity index (χ4v) is 3.39. The summed E-state index contributed by atoms with van der Waals surface area (Å²) in [5.74, 6) is 0.770. The van der Waals surface area contributed by atoms with Crippen molar-refractivity contribution >= 4 is 5.78 Å². The van der Waals surface area contributed by atoms with Crippen LogP contribution in [0, 0.1) is 19.7 Å². The van der Waals surface area contributed by atoms with Gasteiger partial charge < -0.3 is 4.57 Å². The van der Waals surface area contributed by atoms with Crippen molar-refractivity contribution in [2.75, 3.05) is 0 Å². The third-order valence-electron chi connectivity index (χ3n) is 4.70. The van der Waals surface area contributed by atoms with Gasteiger partial charge in [-0.05, 0) is 38.1 Å². The number of hydrogen-bond acceptors (Lipinski definition) is 4. The molecule has 0 bridgehead atoms. The third kappa shape index (κ3) is 2.81. The molecule has 0 unspecified atom stereocenters. The number of imidazole rings is 2. The summed E-state index contributed by atoms with van der Waals surface area (Å²) in [6, 6.07) is 10.4. The summed E-state index contributed by atoms with van der Waals surface area (Å²) in [5, 5.41) is 0. The van der Waals surface area contributed by atoms with Gasteiger partial charge in [0.05, 0.1) is 23.5 Å². The maximum Gasteiger partial charge on any atom is 0.234 e. The van der Waals surface area contributed by atoms with Gasteiger partial charge in [-0.3, -0.25) is 4.40 Å². The van der Waals surface area contributed by atoms with E-state index in [1.54, 1.807) is 18.2 Å². The lowest BCUT2D eigenvalue weighted by atomic mass is 10.2. The van der Waals surface area contributed by atoms with Crippen molar-refractivity contribution in [3.63, 3.8) is 0 Å². The normalized spacial score (nSPS) is 11.5. The molecule has 0 saturated heterocycles. The van der Waals surface area contributed by atoms with E-state index in [1.165, 1.54) is 6.07 Å². The summed E-state index contributed by atoms with van der Waals surface area (Å²) in [4.78, 5) is 18.1. The molecule has 138 valence electrons. The van der Waals surface area contributed by atoms with Gasteiger partial charge in [-0.25, -0.2) is 24.3 Å². The molecule has 0 atom stereocenters. The first-order valence-electron chi connectivity index (χ1n) is 8.97. The maximum absolute atomic E-state index is 14.0. The number of aryl methyl sites for hydroxylation is 2. The van der Waals surface area contributed by atoms with Crippen molar-refractivity contribution in [2.45, 2.75) is 20.4 Å². The number of pyridine rings is 1. The first kappa shape index (κ1) is 16.6. The van der Waals surface area contributed by atoms with E-state index < -0.39 is 0 Å². The second-order valence-electron chi connectivity index (χ2n) is 6.86. The number of fused-ring (bicyclic) bond motifs is 2. The molecule has 0 radical (unpaired) electrons. The van der Waals surface area contributed by atoms with E-state index in [-0.39, 0.29) is 5.82 Å². The largest absolute Gasteiger partial charge is 0.346 e. The lowest BCUT2D eigenvalue weighted by Crippen LogP contribution is -2.01. The molecule has 0 aliphatic carbocycles. The second-order valence-corrected chi connectivity index (χ2v) is 6.86. The van der Waals surface area contributed by atoms with Gasteiger partial charge in [-0.15, -0.1) is 0 Å². The van der Waals surface area contributed by atoms with Crippen LogP contribution in [0.25, 0.3) is 28.6 Å². The van der Waals surface area contributed by atoms with Crippen LogP contribution in [0.4, 0.5) is 4.39 Å². The van der Waals surface area contributed by atoms with Gasteiger partial charge in [0.1, 0.15) is 11.5 Å². The predicted molar refractivity (Wildman–Crippen MR) is 104 cm³/mol. The van der Waals surface area contributed by atoms with Gasteiger partial charge in [-0.2, -0.15) is 0 Å². The molecule has 28 heavy (non-hydrogen) atoms. The summed E-state index contributed by atoms with van der Waals surface area (Å²) in [6.45, 7) is 4.58. The molecular formula is C21H17FN6. The highest BCUT2D eigenvalue weighted by Gasteiger charge is 2.15. The van der Waals surface area contributed by atoms with Gasteiger partial charge in [0.2, 0.25) is 5.78 Å². The second kappa shape index (κ2) is 6.23. The molecule has 0 saturated carbocycles. The lowest BCUT2D eigenvalue weighted by Gasteiger charge is -2.05. The Hall–Kier alpha value is -3.61. The fraction of sp³-hybridized carbons (Fsp3) is 0.143. The van der Waals surface area contributed by atoms with E-state index in [0.717, 1.165) is 28.5 Å². The minimum absolute atomic E-state index is 0.325. The molecule has 6 nitrogen and oxygen atoms in total. The van der Waals surface area contributed by atoms with Crippen molar-refractivity contribution < 1.29 is 4.39 Å². The Kier molecular flexibility index (Phi) is 3.68. The Bertz CT molecular complexity index is 1290. The standard InChI is InChI=1S/C21H17FN6/c1-13-9-14(2)28-11-15(24-21(28)23-13)10-27-8-7-18-19(12-27)26-20(25-18)16-5-3-4-6-17(16)22/h3-9,11-12H,10H2,1-2H3. The van der Waals surface area contributed by atoms with Crippen LogP contribution in [-0.4, -0.2) is 28.9 Å². The Balaban J connectivity index is 1.50. The monoisotopic (exact) mass is 372 g/mol. The third-order valence-corrected chi connectivity index (χ3v) is 4.70. The maximum atomic E-state index is 14.0. The van der Waals surface area contributed by atoms with Crippen LogP contribution in [0.15, 0.2) is 55.0 Å². The molecule has 7 heteroatoms. The highest BCUT2D eigenvalue weighted by molar-refractivity contribution is 5.65. The van der Waals surface area contributed by atoms with E-state index in [9.17, 15) is 4.39 Å². The Morgan fingerprint density at radius 1 is 0.929 bits per heavy atom. The molecule has 2 aliphatic heterocycles. The van der Waals surface area contributed by atoms with Crippen molar-refractivity contribution in [1.29, 1.82) is 0 Å². The molecule has 4 heterocycles. The Morgan fingerprint density at radius 3 is 2.61 bits per heavy atom. The predicted octanol–water partition coefficient (Wildman–Crippen LogP) is 3.90. The number of hydrogen-bond donors (Lipinski definition) is 0. The molecular weight excluding hydrogens is 355 g/mol. The SMILES string of the molecule is Cc1cc(C)n2cc(Cn3ccc4nc(-c5ccccc5F)nc-4c3)nc2n1. The van der Waals surface area contributed by atoms with Gasteiger partial charge >= 0.3 is 0 Å². The average Bonchev–Trinajstić information content (AvgIpc) is 3.25. The van der Waals surface area contributed by atoms with E-state index in [4.69, 9.17) is 0 Å². The summed E-state index contributed by atoms with van der Waals surface area (Å²) >= 11 is 0. The number of benzene rings is 1. The van der Waals surface area contributed by atoms with Crippen molar-refractivity contribution in [3.8, 4) is 22.8 Å². The molecule has 2 aromatic heterocycles. The smallest absolute Gasteiger partial charge is 0.234 e. The van der Waals surface area contributed by atoms with Crippen molar-refractivity contribution in [1.82, 2.24) is 28.9 Å². The van der Waals surface area contributed by atoms with Crippen LogP contribution in [-0.2, 0) is 6.54 Å². The molecule has 0 fully saturated rings. The van der Waals surface area contributed by atoms with Crippen molar-refractivity contribution in [3.05, 3.63) is 77.9 Å². The fourth-order valence-electron chi connectivity index (χ4n) is 3.39. The Morgan fingerprint density at radius 2 is 1.75 bits per heavy atom. The van der Waals surface area contributed by atoms with Crippen LogP contribution >= 0.6 is 0 Å². The molecule has 0 amide bonds. The molecule has 3 aromatic rings. The summed E-state index contributed by atoms with van der Waals surface area (Å²) in [7, 11) is 0. The van der Waals surface area contributed by atoms with E-state index in [2.05, 4.69) is 19.9 Å². The first-order chi connectivity index (χ1) is 13.6. The van der Waals surface area contributed by atoms with Gasteiger partial charge in [0.15, 0.2) is 5.82 Å². The van der Waals surface area contributed by atoms with Crippen LogP contribution in [0.3, 0.4) is 0 Å². The summed E-state index contributed by atoms with van der Waals surface area (Å²) < 4.78 is 18.0. The summed E-state index contributed by atoms with van der Waals surface area (Å²) in [5.41, 5.74) is 4.80. The van der Waals surface area contributed by atoms with Gasteiger partial charge in [-0.1, -0.05) is 12.1 Å². The number of nitrogens with zero attached hydrogens (tertiary/aromatic N) is 6. The number of halogens is 1. The van der Waals surface area contributed by atoms with Crippen LogP contribution < -0.4 is 0 Å². The van der Waals surface area contributed by atoms with Gasteiger partial charge in [0, 0.05) is 30.0 Å². The summed E-state index contributed by atoms with van der Waals surface area (Å²) in [6.07, 6.45) is 5.83. The van der Waals surface area contributed by atoms with Crippen LogP contribution in [0.2, 0.25) is 0 Å². The zero-order valence-corrected chi connectivity index (χ0v) is 15.5. The molecule has 0 N–H and O–H groups in total. The molecule has 0 spiro atoms. The first-order valence-corrected chi connectivity index (χ1v) is 8.97. The molecule has 5 rings (SSSR count). The topological polar surface area (TPSA) is 60.9 Å². The van der Waals surface area contributed by atoms with Gasteiger partial charge in [0.25, 0.3) is 0 Å². The quantitative estimate of drug-likeness (QED) is 0.482. The van der Waals surface area contributed by atoms with Crippen molar-refractivity contribution in [2.24, 2.45) is 0 Å². The minimum Gasteiger partial charge on any atom is -0.346 e. The zero-order valence-electron chi connectivity index (χ0n) is 15.5.